The first-order valence-corrected chi connectivity index (χ1v) is 4.77. The number of carboxylic acid groups (broad SMARTS) is 1. The van der Waals surface area contributed by atoms with Crippen LogP contribution in [0.3, 0.4) is 0 Å². The highest BCUT2D eigenvalue weighted by Crippen LogP contribution is 1.86. The molecule has 0 saturated heterocycles. The van der Waals surface area contributed by atoms with Crippen LogP contribution in [0.1, 0.15) is 12.8 Å². The number of rotatable bonds is 5. The summed E-state index contributed by atoms with van der Waals surface area (Å²) in [5, 5.41) is 7.60. The largest absolute Gasteiger partial charge is 0.478 e. The third-order valence-corrected chi connectivity index (χ3v) is 1.12. The second kappa shape index (κ2) is 19.5. The molecule has 0 rings (SSSR count). The summed E-state index contributed by atoms with van der Waals surface area (Å²) in [6.45, 7) is 13.2. The highest BCUT2D eigenvalue weighted by molar-refractivity contribution is 5.80. The average Bonchev–Trinajstić information content (AvgIpc) is 2.36. The molecule has 0 aliphatic carbocycles. The molecule has 0 heterocycles. The lowest BCUT2D eigenvalue weighted by Crippen LogP contribution is -1.91. The van der Waals surface area contributed by atoms with E-state index in [4.69, 9.17) is 5.11 Å². The summed E-state index contributed by atoms with van der Waals surface area (Å²) in [4.78, 5) is 19.1. The Bertz CT molecular complexity index is 246. The molecular weight excluding hydrogens is 220 g/mol. The number of esters is 1. The van der Waals surface area contributed by atoms with E-state index < -0.39 is 11.9 Å². The first-order valence-electron chi connectivity index (χ1n) is 4.77. The molecular formula is C13H20O4. The minimum atomic E-state index is -0.981. The van der Waals surface area contributed by atoms with Crippen LogP contribution in [-0.4, -0.2) is 24.2 Å². The van der Waals surface area contributed by atoms with Crippen LogP contribution >= 0.6 is 0 Å². The molecule has 0 aliphatic heterocycles. The van der Waals surface area contributed by atoms with Gasteiger partial charge in [-0.05, 0) is 12.8 Å². The van der Waals surface area contributed by atoms with Gasteiger partial charge in [-0.2, -0.15) is 0 Å². The molecule has 0 fully saturated rings. The Balaban J connectivity index is -0.000000174. The topological polar surface area (TPSA) is 63.6 Å². The van der Waals surface area contributed by atoms with Crippen molar-refractivity contribution in [1.29, 1.82) is 0 Å². The van der Waals surface area contributed by atoms with Crippen LogP contribution in [0.5, 0.6) is 0 Å². The fourth-order valence-corrected chi connectivity index (χ4v) is 0.319. The van der Waals surface area contributed by atoms with E-state index in [2.05, 4.69) is 31.1 Å². The number of unbranched alkanes of at least 4 members (excludes halogenated alkanes) is 1. The standard InChI is InChI=1S/C6H10.C4H6O2.C3H4O2/c1-3-5-6-4-2;1-3-4(5)6-2;1-2-3(4)5/h3-4H,1-2,5-6H2;3H,1H2,2H3;2H,1H2,(H,4,5). The third-order valence-electron chi connectivity index (χ3n) is 1.12. The fourth-order valence-electron chi connectivity index (χ4n) is 0.319. The summed E-state index contributed by atoms with van der Waals surface area (Å²) in [6, 6.07) is 0. The number of hydrogen-bond donors (Lipinski definition) is 1. The third kappa shape index (κ3) is 41.3. The predicted octanol–water partition coefficient (Wildman–Crippen LogP) is 2.74. The van der Waals surface area contributed by atoms with E-state index in [0.717, 1.165) is 25.0 Å². The molecule has 4 nitrogen and oxygen atoms in total. The van der Waals surface area contributed by atoms with E-state index in [1.807, 2.05) is 12.2 Å². The van der Waals surface area contributed by atoms with E-state index >= 15 is 0 Å². The second-order valence-electron chi connectivity index (χ2n) is 2.42. The van der Waals surface area contributed by atoms with E-state index in [0.29, 0.717) is 0 Å². The number of methoxy groups -OCH3 is 1. The van der Waals surface area contributed by atoms with Gasteiger partial charge < -0.3 is 9.84 Å². The molecule has 0 spiro atoms. The SMILES string of the molecule is C=CC(=O)O.C=CC(=O)OC.C=CCCC=C. The summed E-state index contributed by atoms with van der Waals surface area (Å²) >= 11 is 0. The molecule has 4 heteroatoms. The zero-order chi connectivity index (χ0) is 14.1. The highest BCUT2D eigenvalue weighted by atomic mass is 16.5. The maximum atomic E-state index is 9.84. The molecule has 0 atom stereocenters. The first kappa shape index (κ1) is 20.3. The molecule has 0 unspecified atom stereocenters. The summed E-state index contributed by atoms with van der Waals surface area (Å²) in [7, 11) is 1.31. The highest BCUT2D eigenvalue weighted by Gasteiger charge is 1.81. The van der Waals surface area contributed by atoms with Crippen LogP contribution in [0.25, 0.3) is 0 Å². The Morgan fingerprint density at radius 2 is 1.41 bits per heavy atom. The molecule has 0 aliphatic rings. The summed E-state index contributed by atoms with van der Waals surface area (Å²) in [6.07, 6.45) is 7.84. The van der Waals surface area contributed by atoms with Gasteiger partial charge in [0.2, 0.25) is 0 Å². The minimum Gasteiger partial charge on any atom is -0.478 e. The molecule has 0 amide bonds. The van der Waals surface area contributed by atoms with Crippen LogP contribution in [-0.2, 0) is 14.3 Å². The molecule has 17 heavy (non-hydrogen) atoms. The van der Waals surface area contributed by atoms with E-state index in [1.165, 1.54) is 7.11 Å². The van der Waals surface area contributed by atoms with Crippen LogP contribution in [0.4, 0.5) is 0 Å². The average molecular weight is 240 g/mol. The van der Waals surface area contributed by atoms with Gasteiger partial charge in [-0.25, -0.2) is 9.59 Å². The smallest absolute Gasteiger partial charge is 0.329 e. The molecule has 96 valence electrons. The lowest BCUT2D eigenvalue weighted by molar-refractivity contribution is -0.135. The Hall–Kier alpha value is -2.10. The normalized spacial score (nSPS) is 6.88. The van der Waals surface area contributed by atoms with Crippen LogP contribution in [0, 0.1) is 0 Å². The molecule has 0 aromatic carbocycles. The van der Waals surface area contributed by atoms with E-state index in [1.54, 1.807) is 0 Å². The number of hydrogen-bond acceptors (Lipinski definition) is 3. The number of carboxylic acids is 1. The summed E-state index contributed by atoms with van der Waals surface area (Å²) in [5.41, 5.74) is 0. The number of aliphatic carboxylic acids is 1. The first-order chi connectivity index (χ1) is 7.99. The van der Waals surface area contributed by atoms with Gasteiger partial charge in [-0.1, -0.05) is 25.3 Å². The minimum absolute atomic E-state index is 0.394. The van der Waals surface area contributed by atoms with Crippen LogP contribution < -0.4 is 0 Å². The van der Waals surface area contributed by atoms with Gasteiger partial charge in [0, 0.05) is 12.2 Å². The van der Waals surface area contributed by atoms with Crippen LogP contribution in [0.2, 0.25) is 0 Å². The maximum absolute atomic E-state index is 9.84. The monoisotopic (exact) mass is 240 g/mol. The Morgan fingerprint density at radius 1 is 1.06 bits per heavy atom. The van der Waals surface area contributed by atoms with E-state index in [9.17, 15) is 9.59 Å². The number of ether oxygens (including phenoxy) is 1. The van der Waals surface area contributed by atoms with Gasteiger partial charge in [0.15, 0.2) is 0 Å². The Kier molecular flexibility index (Phi) is 23.3. The quantitative estimate of drug-likeness (QED) is 0.347. The van der Waals surface area contributed by atoms with Crippen molar-refractivity contribution in [2.45, 2.75) is 12.8 Å². The fraction of sp³-hybridized carbons (Fsp3) is 0.231. The second-order valence-corrected chi connectivity index (χ2v) is 2.42. The summed E-state index contributed by atoms with van der Waals surface area (Å²) in [5.74, 6) is -1.37. The molecule has 0 aromatic heterocycles. The Labute approximate surface area is 103 Å². The van der Waals surface area contributed by atoms with Crippen LogP contribution in [0.15, 0.2) is 50.6 Å². The number of allylic oxidation sites excluding steroid dienone is 2. The molecule has 0 bridgehead atoms. The van der Waals surface area contributed by atoms with Crippen molar-refractivity contribution >= 4 is 11.9 Å². The van der Waals surface area contributed by atoms with Gasteiger partial charge in [-0.15, -0.1) is 13.2 Å². The van der Waals surface area contributed by atoms with Gasteiger partial charge >= 0.3 is 11.9 Å². The zero-order valence-electron chi connectivity index (χ0n) is 10.2. The van der Waals surface area contributed by atoms with Gasteiger partial charge in [0.1, 0.15) is 0 Å². The van der Waals surface area contributed by atoms with Crippen molar-refractivity contribution in [3.05, 3.63) is 50.6 Å². The van der Waals surface area contributed by atoms with Crippen molar-refractivity contribution in [2.75, 3.05) is 7.11 Å². The molecule has 0 aromatic rings. The number of carbonyl (C=O) groups excluding carboxylic acids is 1. The lowest BCUT2D eigenvalue weighted by Gasteiger charge is -1.83. The maximum Gasteiger partial charge on any atom is 0.329 e. The lowest BCUT2D eigenvalue weighted by atomic mass is 10.3. The summed E-state index contributed by atoms with van der Waals surface area (Å²) < 4.78 is 4.14. The Morgan fingerprint density at radius 3 is 1.47 bits per heavy atom. The predicted molar refractivity (Wildman–Crippen MR) is 69.7 cm³/mol. The zero-order valence-corrected chi connectivity index (χ0v) is 10.2. The van der Waals surface area contributed by atoms with Crippen molar-refractivity contribution in [3.63, 3.8) is 0 Å². The van der Waals surface area contributed by atoms with Gasteiger partial charge in [-0.3, -0.25) is 0 Å². The van der Waals surface area contributed by atoms with Gasteiger partial charge in [0.25, 0.3) is 0 Å². The number of carbonyl (C=O) groups is 2. The van der Waals surface area contributed by atoms with Crippen molar-refractivity contribution in [3.8, 4) is 0 Å². The molecule has 0 saturated carbocycles. The van der Waals surface area contributed by atoms with Crippen molar-refractivity contribution in [1.82, 2.24) is 0 Å². The molecule has 0 radical (unpaired) electrons. The van der Waals surface area contributed by atoms with E-state index in [-0.39, 0.29) is 0 Å². The van der Waals surface area contributed by atoms with Crippen molar-refractivity contribution < 1.29 is 19.4 Å². The van der Waals surface area contributed by atoms with Crippen molar-refractivity contribution in [2.24, 2.45) is 0 Å². The molecule has 1 N–H and O–H groups in total. The van der Waals surface area contributed by atoms with Gasteiger partial charge in [0.05, 0.1) is 7.11 Å².